The van der Waals surface area contributed by atoms with Crippen molar-refractivity contribution in [2.24, 2.45) is 0 Å². The number of hydrogen-bond acceptors (Lipinski definition) is 2. The maximum atomic E-state index is 4.88. The quantitative estimate of drug-likeness (QED) is 0.494. The molecule has 4 nitrogen and oxygen atoms in total. The second-order valence-electron chi connectivity index (χ2n) is 7.27. The zero-order chi connectivity index (χ0) is 19.3. The van der Waals surface area contributed by atoms with E-state index in [1.54, 1.807) is 4.90 Å². The molecule has 1 aromatic heterocycles. The van der Waals surface area contributed by atoms with Gasteiger partial charge in [-0.15, -0.1) is 0 Å². The second kappa shape index (κ2) is 8.44. The molecule has 0 aliphatic carbocycles. The second-order valence-corrected chi connectivity index (χ2v) is 7.27. The highest BCUT2D eigenvalue weighted by molar-refractivity contribution is 5.86. The summed E-state index contributed by atoms with van der Waals surface area (Å²) in [5.41, 5.74) is 3.55. The Hall–Kier alpha value is -2.85. The smallest absolute Gasteiger partial charge is 0.204 e. The van der Waals surface area contributed by atoms with Gasteiger partial charge in [0.1, 0.15) is 0 Å². The molecule has 4 heteroatoms. The summed E-state index contributed by atoms with van der Waals surface area (Å²) in [7, 11) is 0. The average molecular weight is 374 g/mol. The van der Waals surface area contributed by atoms with Gasteiger partial charge in [-0.3, -0.25) is 0 Å². The lowest BCUT2D eigenvalue weighted by Crippen LogP contribution is -3.11. The summed E-state index contributed by atoms with van der Waals surface area (Å²) >= 11 is 0. The Morgan fingerprint density at radius 2 is 1.64 bits per heavy atom. The van der Waals surface area contributed by atoms with Crippen molar-refractivity contribution in [2.45, 2.75) is 26.9 Å². The van der Waals surface area contributed by atoms with Crippen LogP contribution in [0.2, 0.25) is 0 Å². The number of quaternary nitrogens is 1. The Labute approximate surface area is 166 Å². The van der Waals surface area contributed by atoms with Crippen LogP contribution in [0.5, 0.6) is 0 Å². The SMILES string of the molecule is CC[NH+](CC)CCn1c(NCc2cccc3ccccc23)nc2ccccc21. The molecule has 0 radical (unpaired) electrons. The molecule has 144 valence electrons. The molecule has 4 rings (SSSR count). The van der Waals surface area contributed by atoms with Crippen molar-refractivity contribution < 1.29 is 4.90 Å². The Morgan fingerprint density at radius 1 is 0.893 bits per heavy atom. The van der Waals surface area contributed by atoms with E-state index in [2.05, 4.69) is 90.5 Å². The van der Waals surface area contributed by atoms with Gasteiger partial charge in [-0.1, -0.05) is 54.6 Å². The number of benzene rings is 3. The fourth-order valence-corrected chi connectivity index (χ4v) is 3.93. The highest BCUT2D eigenvalue weighted by atomic mass is 15.2. The molecule has 2 N–H and O–H groups in total. The topological polar surface area (TPSA) is 34.3 Å². The Balaban J connectivity index is 1.61. The predicted octanol–water partition coefficient (Wildman–Crippen LogP) is 3.73. The fraction of sp³-hybridized carbons (Fsp3) is 0.292. The first-order valence-corrected chi connectivity index (χ1v) is 10.3. The van der Waals surface area contributed by atoms with Gasteiger partial charge < -0.3 is 14.8 Å². The molecule has 0 aliphatic rings. The van der Waals surface area contributed by atoms with Crippen molar-refractivity contribution in [1.82, 2.24) is 9.55 Å². The first-order chi connectivity index (χ1) is 13.8. The summed E-state index contributed by atoms with van der Waals surface area (Å²) in [6.45, 7) is 9.66. The minimum Gasteiger partial charge on any atom is -0.352 e. The molecule has 0 saturated heterocycles. The van der Waals surface area contributed by atoms with E-state index in [9.17, 15) is 0 Å². The molecule has 28 heavy (non-hydrogen) atoms. The van der Waals surface area contributed by atoms with Gasteiger partial charge in [0.2, 0.25) is 5.95 Å². The van der Waals surface area contributed by atoms with Crippen LogP contribution in [0, 0.1) is 0 Å². The van der Waals surface area contributed by atoms with E-state index in [1.807, 2.05) is 0 Å². The molecule has 0 bridgehead atoms. The normalized spacial score (nSPS) is 11.5. The number of para-hydroxylation sites is 2. The number of anilines is 1. The maximum absolute atomic E-state index is 4.88. The van der Waals surface area contributed by atoms with E-state index in [0.717, 1.165) is 44.2 Å². The largest absolute Gasteiger partial charge is 0.352 e. The van der Waals surface area contributed by atoms with Gasteiger partial charge in [0.15, 0.2) is 0 Å². The van der Waals surface area contributed by atoms with Gasteiger partial charge in [-0.2, -0.15) is 0 Å². The Morgan fingerprint density at radius 3 is 2.50 bits per heavy atom. The number of likely N-dealkylation sites (N-methyl/N-ethyl adjacent to an activating group) is 1. The summed E-state index contributed by atoms with van der Waals surface area (Å²) in [5.74, 6) is 0.959. The van der Waals surface area contributed by atoms with E-state index in [1.165, 1.54) is 21.9 Å². The molecule has 0 unspecified atom stereocenters. The molecule has 1 heterocycles. The number of nitrogens with zero attached hydrogens (tertiary/aromatic N) is 2. The zero-order valence-corrected chi connectivity index (χ0v) is 16.8. The molecule has 0 spiro atoms. The lowest BCUT2D eigenvalue weighted by Gasteiger charge is -2.17. The van der Waals surface area contributed by atoms with Crippen molar-refractivity contribution in [2.75, 3.05) is 25.0 Å². The fourth-order valence-electron chi connectivity index (χ4n) is 3.93. The molecule has 0 fully saturated rings. The molecule has 0 saturated carbocycles. The highest BCUT2D eigenvalue weighted by Crippen LogP contribution is 2.22. The average Bonchev–Trinajstić information content (AvgIpc) is 3.10. The van der Waals surface area contributed by atoms with Crippen LogP contribution in [-0.2, 0) is 13.1 Å². The summed E-state index contributed by atoms with van der Waals surface area (Å²) < 4.78 is 2.34. The van der Waals surface area contributed by atoms with Crippen molar-refractivity contribution in [3.05, 3.63) is 72.3 Å². The summed E-state index contributed by atoms with van der Waals surface area (Å²) in [4.78, 5) is 6.49. The summed E-state index contributed by atoms with van der Waals surface area (Å²) in [5, 5.41) is 6.19. The number of nitrogens with one attached hydrogen (secondary N) is 2. The van der Waals surface area contributed by atoms with Crippen LogP contribution in [0.3, 0.4) is 0 Å². The first kappa shape index (κ1) is 18.5. The lowest BCUT2D eigenvalue weighted by atomic mass is 10.0. The highest BCUT2D eigenvalue weighted by Gasteiger charge is 2.13. The summed E-state index contributed by atoms with van der Waals surface area (Å²) in [6.07, 6.45) is 0. The van der Waals surface area contributed by atoms with Crippen LogP contribution in [0.15, 0.2) is 66.7 Å². The monoisotopic (exact) mass is 373 g/mol. The van der Waals surface area contributed by atoms with Gasteiger partial charge in [0.05, 0.1) is 37.2 Å². The number of fused-ring (bicyclic) bond motifs is 2. The van der Waals surface area contributed by atoms with Gasteiger partial charge in [0, 0.05) is 6.54 Å². The van der Waals surface area contributed by atoms with E-state index in [0.29, 0.717) is 0 Å². The number of imidazole rings is 1. The van der Waals surface area contributed by atoms with Crippen LogP contribution >= 0.6 is 0 Å². The zero-order valence-electron chi connectivity index (χ0n) is 16.8. The van der Waals surface area contributed by atoms with Crippen LogP contribution in [-0.4, -0.2) is 29.2 Å². The van der Waals surface area contributed by atoms with E-state index < -0.39 is 0 Å². The number of hydrogen-bond donors (Lipinski definition) is 2. The third-order valence-corrected chi connectivity index (χ3v) is 5.66. The molecule has 3 aromatic carbocycles. The molecule has 0 aliphatic heterocycles. The van der Waals surface area contributed by atoms with E-state index >= 15 is 0 Å². The Bertz CT molecular complexity index is 1060. The van der Waals surface area contributed by atoms with Crippen molar-refractivity contribution >= 4 is 27.8 Å². The van der Waals surface area contributed by atoms with Gasteiger partial charge in [-0.25, -0.2) is 4.98 Å². The molecular weight excluding hydrogens is 344 g/mol. The van der Waals surface area contributed by atoms with Crippen LogP contribution in [0.4, 0.5) is 5.95 Å². The third-order valence-electron chi connectivity index (χ3n) is 5.66. The molecule has 0 amide bonds. The summed E-state index contributed by atoms with van der Waals surface area (Å²) in [6, 6.07) is 23.5. The van der Waals surface area contributed by atoms with Crippen LogP contribution < -0.4 is 10.2 Å². The van der Waals surface area contributed by atoms with E-state index in [4.69, 9.17) is 4.98 Å². The van der Waals surface area contributed by atoms with Crippen LogP contribution in [0.25, 0.3) is 21.8 Å². The van der Waals surface area contributed by atoms with Gasteiger partial charge >= 0.3 is 0 Å². The van der Waals surface area contributed by atoms with Gasteiger partial charge in [0.25, 0.3) is 0 Å². The first-order valence-electron chi connectivity index (χ1n) is 10.3. The lowest BCUT2D eigenvalue weighted by molar-refractivity contribution is -0.897. The molecule has 0 atom stereocenters. The third kappa shape index (κ3) is 3.73. The van der Waals surface area contributed by atoms with Crippen molar-refractivity contribution in [3.8, 4) is 0 Å². The molecule has 4 aromatic rings. The number of aromatic nitrogens is 2. The standard InChI is InChI=1S/C24H28N4/c1-3-27(4-2)16-17-28-23-15-8-7-14-22(23)26-24(28)25-18-20-12-9-11-19-10-5-6-13-21(19)20/h5-15H,3-4,16-18H2,1-2H3,(H,25,26)/p+1. The predicted molar refractivity (Wildman–Crippen MR) is 118 cm³/mol. The molecular formula is C24H29N4+. The van der Waals surface area contributed by atoms with Crippen LogP contribution in [0.1, 0.15) is 19.4 Å². The van der Waals surface area contributed by atoms with Crippen molar-refractivity contribution in [3.63, 3.8) is 0 Å². The van der Waals surface area contributed by atoms with Gasteiger partial charge in [-0.05, 0) is 42.3 Å². The van der Waals surface area contributed by atoms with E-state index in [-0.39, 0.29) is 0 Å². The minimum atomic E-state index is 0.767. The Kier molecular flexibility index (Phi) is 5.58. The minimum absolute atomic E-state index is 0.767. The number of rotatable bonds is 8. The maximum Gasteiger partial charge on any atom is 0.204 e. The van der Waals surface area contributed by atoms with Crippen molar-refractivity contribution in [1.29, 1.82) is 0 Å².